The van der Waals surface area contributed by atoms with E-state index < -0.39 is 0 Å². The molecule has 4 aromatic rings. The summed E-state index contributed by atoms with van der Waals surface area (Å²) in [6.07, 6.45) is 4.12. The maximum absolute atomic E-state index is 10.9. The van der Waals surface area contributed by atoms with Crippen LogP contribution in [0.3, 0.4) is 0 Å². The Morgan fingerprint density at radius 2 is 1.84 bits per heavy atom. The van der Waals surface area contributed by atoms with Crippen LogP contribution in [0.2, 0.25) is 5.02 Å². The van der Waals surface area contributed by atoms with Gasteiger partial charge in [-0.25, -0.2) is 9.98 Å². The maximum atomic E-state index is 10.9. The lowest BCUT2D eigenvalue weighted by atomic mass is 10.0. The van der Waals surface area contributed by atoms with Crippen molar-refractivity contribution in [3.63, 3.8) is 0 Å². The van der Waals surface area contributed by atoms with Gasteiger partial charge < -0.3 is 25.0 Å². The summed E-state index contributed by atoms with van der Waals surface area (Å²) in [5.41, 5.74) is 2.61. The molecule has 7 nitrogen and oxygen atoms in total. The Balaban J connectivity index is 1.36. The van der Waals surface area contributed by atoms with E-state index in [2.05, 4.69) is 27.3 Å². The fourth-order valence-electron chi connectivity index (χ4n) is 5.26. The third kappa shape index (κ3) is 4.92. The number of anilines is 1. The number of likely N-dealkylation sites (tertiary alicyclic amines) is 1. The van der Waals surface area contributed by atoms with Crippen molar-refractivity contribution in [3.8, 4) is 5.88 Å². The monoisotopic (exact) mass is 527 g/mol. The number of benzene rings is 3. The number of nitrogens with one attached hydrogen (secondary N) is 2. The number of methoxy groups -OCH3 is 1. The second-order valence-corrected chi connectivity index (χ2v) is 10.2. The predicted molar refractivity (Wildman–Crippen MR) is 151 cm³/mol. The molecule has 2 aliphatic heterocycles. The van der Waals surface area contributed by atoms with Gasteiger partial charge in [-0.3, -0.25) is 0 Å². The molecule has 3 N–H and O–H groups in total. The van der Waals surface area contributed by atoms with Gasteiger partial charge in [0.2, 0.25) is 0 Å². The van der Waals surface area contributed by atoms with E-state index >= 15 is 0 Å². The molecule has 1 aromatic heterocycles. The molecule has 8 heteroatoms. The predicted octanol–water partition coefficient (Wildman–Crippen LogP) is 2.90. The highest BCUT2D eigenvalue weighted by atomic mass is 35.5. The van der Waals surface area contributed by atoms with Gasteiger partial charge in [0.05, 0.1) is 22.3 Å². The molecule has 1 saturated heterocycles. The van der Waals surface area contributed by atoms with Crippen molar-refractivity contribution >= 4 is 40.1 Å². The molecule has 1 fully saturated rings. The zero-order valence-electron chi connectivity index (χ0n) is 21.2. The molecule has 194 valence electrons. The number of piperidine rings is 1. The van der Waals surface area contributed by atoms with Gasteiger partial charge in [-0.1, -0.05) is 35.9 Å². The van der Waals surface area contributed by atoms with E-state index in [1.54, 1.807) is 7.11 Å². The number of hydrogen-bond acceptors (Lipinski definition) is 6. The molecule has 0 aliphatic carbocycles. The number of halogens is 1. The highest BCUT2D eigenvalue weighted by Crippen LogP contribution is 2.30. The molecular weight excluding hydrogens is 498 g/mol. The lowest BCUT2D eigenvalue weighted by Crippen LogP contribution is -2.40. The van der Waals surface area contributed by atoms with E-state index in [-0.39, 0.29) is 5.88 Å². The van der Waals surface area contributed by atoms with Crippen LogP contribution in [0, 0.1) is 0 Å². The second kappa shape index (κ2) is 10.6. The molecule has 0 spiro atoms. The van der Waals surface area contributed by atoms with Gasteiger partial charge in [0.15, 0.2) is 11.7 Å². The second-order valence-electron chi connectivity index (χ2n) is 9.79. The molecule has 38 heavy (non-hydrogen) atoms. The van der Waals surface area contributed by atoms with Gasteiger partial charge in [0.1, 0.15) is 0 Å². The fourth-order valence-corrected chi connectivity index (χ4v) is 5.53. The Labute approximate surface area is 225 Å². The number of ether oxygens (including phenoxy) is 1. The van der Waals surface area contributed by atoms with Gasteiger partial charge >= 0.3 is 0 Å². The minimum atomic E-state index is 0.114. The molecule has 0 bridgehead atoms. The molecule has 0 saturated carbocycles. The quantitative estimate of drug-likeness (QED) is 0.360. The summed E-state index contributed by atoms with van der Waals surface area (Å²) in [4.78, 5) is 15.0. The Kier molecular flexibility index (Phi) is 6.89. The Hall–Kier alpha value is -3.65. The van der Waals surface area contributed by atoms with Crippen molar-refractivity contribution in [1.82, 2.24) is 9.88 Å². The molecule has 2 aliphatic rings. The Morgan fingerprint density at radius 1 is 1.08 bits per heavy atom. The Bertz CT molecular complexity index is 1700. The lowest BCUT2D eigenvalue weighted by molar-refractivity contribution is 0.132. The first-order valence-corrected chi connectivity index (χ1v) is 13.3. The van der Waals surface area contributed by atoms with Crippen LogP contribution in [-0.4, -0.2) is 54.4 Å². The fraction of sp³-hybridized carbons (Fsp3) is 0.267. The number of aromatic amines is 1. The van der Waals surface area contributed by atoms with Crippen LogP contribution < -0.4 is 26.5 Å². The average molecular weight is 528 g/mol. The zero-order chi connectivity index (χ0) is 26.1. The standard InChI is InChI=1S/C30H30ClN5O2/c1-38-16-15-36-13-11-20(12-14-36)32-21-9-10-25-22(18-21)23(30(37)35-25)17-19-5-4-6-24(31)28(19)29-33-26-7-2-3-8-27(26)34-29/h2-10,17-18,20,32,35,37H,11-16H2,1H3. The minimum absolute atomic E-state index is 0.114. The number of fused-ring (bicyclic) bond motifs is 2. The van der Waals surface area contributed by atoms with Gasteiger partial charge in [0, 0.05) is 60.2 Å². The third-order valence-corrected chi connectivity index (χ3v) is 7.61. The van der Waals surface area contributed by atoms with Crippen molar-refractivity contribution in [2.45, 2.75) is 18.9 Å². The minimum Gasteiger partial charge on any atom is -0.494 e. The van der Waals surface area contributed by atoms with Gasteiger partial charge in [-0.15, -0.1) is 0 Å². The summed E-state index contributed by atoms with van der Waals surface area (Å²) in [7, 11) is 1.75. The van der Waals surface area contributed by atoms with Crippen LogP contribution in [0.15, 0.2) is 70.6 Å². The van der Waals surface area contributed by atoms with Crippen LogP contribution in [0.1, 0.15) is 18.4 Å². The van der Waals surface area contributed by atoms with Gasteiger partial charge in [0.25, 0.3) is 0 Å². The normalized spacial score (nSPS) is 16.5. The molecular formula is C30H30ClN5O2. The van der Waals surface area contributed by atoms with Crippen LogP contribution >= 0.6 is 11.6 Å². The third-order valence-electron chi connectivity index (χ3n) is 7.29. The maximum Gasteiger partial charge on any atom is 0.196 e. The summed E-state index contributed by atoms with van der Waals surface area (Å²) in [5, 5.41) is 19.3. The van der Waals surface area contributed by atoms with Crippen LogP contribution in [0.5, 0.6) is 5.88 Å². The van der Waals surface area contributed by atoms with E-state index in [1.807, 2.05) is 54.6 Å². The van der Waals surface area contributed by atoms with Crippen molar-refractivity contribution < 1.29 is 9.84 Å². The van der Waals surface area contributed by atoms with Gasteiger partial charge in [-0.05, 0) is 60.5 Å². The number of para-hydroxylation sites is 2. The van der Waals surface area contributed by atoms with Crippen molar-refractivity contribution in [2.24, 2.45) is 9.98 Å². The first kappa shape index (κ1) is 24.7. The van der Waals surface area contributed by atoms with Crippen molar-refractivity contribution in [1.29, 1.82) is 0 Å². The summed E-state index contributed by atoms with van der Waals surface area (Å²) in [6, 6.07) is 20.1. The van der Waals surface area contributed by atoms with E-state index in [0.717, 1.165) is 76.8 Å². The summed E-state index contributed by atoms with van der Waals surface area (Å²) >= 11 is 6.67. The Morgan fingerprint density at radius 3 is 2.58 bits per heavy atom. The SMILES string of the molecule is COCCN1CCC(Nc2ccc3[nH]c(O)c(C=c4cccc(Cl)c4=C4N=c5ccccc5=N4)c3c2)CC1. The first-order chi connectivity index (χ1) is 18.6. The van der Waals surface area contributed by atoms with Crippen molar-refractivity contribution in [3.05, 3.63) is 92.4 Å². The number of aromatic nitrogens is 1. The van der Waals surface area contributed by atoms with Crippen LogP contribution in [-0.2, 0) is 4.74 Å². The molecule has 0 amide bonds. The molecule has 0 unspecified atom stereocenters. The van der Waals surface area contributed by atoms with E-state index in [9.17, 15) is 5.11 Å². The van der Waals surface area contributed by atoms with Crippen molar-refractivity contribution in [2.75, 3.05) is 38.7 Å². The zero-order valence-corrected chi connectivity index (χ0v) is 22.0. The highest BCUT2D eigenvalue weighted by molar-refractivity contribution is 6.30. The number of hydrogen-bond donors (Lipinski definition) is 3. The van der Waals surface area contributed by atoms with E-state index in [0.29, 0.717) is 22.4 Å². The number of H-pyrrole nitrogens is 1. The topological polar surface area (TPSA) is 85.2 Å². The summed E-state index contributed by atoms with van der Waals surface area (Å²) in [5.74, 6) is 0.685. The van der Waals surface area contributed by atoms with Crippen LogP contribution in [0.25, 0.3) is 22.8 Å². The van der Waals surface area contributed by atoms with Crippen LogP contribution in [0.4, 0.5) is 5.69 Å². The summed E-state index contributed by atoms with van der Waals surface area (Å²) < 4.78 is 5.22. The average Bonchev–Trinajstić information content (AvgIpc) is 3.49. The molecule has 3 heterocycles. The molecule has 0 atom stereocenters. The molecule has 6 rings (SSSR count). The number of rotatable bonds is 6. The first-order valence-electron chi connectivity index (χ1n) is 12.9. The largest absolute Gasteiger partial charge is 0.494 e. The van der Waals surface area contributed by atoms with E-state index in [4.69, 9.17) is 26.3 Å². The molecule has 3 aromatic carbocycles. The number of nitrogens with zero attached hydrogens (tertiary/aromatic N) is 3. The van der Waals surface area contributed by atoms with Gasteiger partial charge in [-0.2, -0.15) is 0 Å². The lowest BCUT2D eigenvalue weighted by Gasteiger charge is -2.32. The molecule has 0 radical (unpaired) electrons. The highest BCUT2D eigenvalue weighted by Gasteiger charge is 2.19. The summed E-state index contributed by atoms with van der Waals surface area (Å²) in [6.45, 7) is 3.87. The smallest absolute Gasteiger partial charge is 0.196 e. The number of aromatic hydroxyl groups is 1. The van der Waals surface area contributed by atoms with E-state index in [1.165, 1.54) is 0 Å².